The van der Waals surface area contributed by atoms with Crippen molar-refractivity contribution in [1.82, 2.24) is 25.3 Å². The van der Waals surface area contributed by atoms with Crippen molar-refractivity contribution >= 4 is 28.4 Å². The Balaban J connectivity index is 0.000000131. The van der Waals surface area contributed by atoms with Gasteiger partial charge in [-0.3, -0.25) is 0 Å². The van der Waals surface area contributed by atoms with E-state index < -0.39 is 0 Å². The van der Waals surface area contributed by atoms with Crippen molar-refractivity contribution in [2.45, 2.75) is 89.0 Å². The molecule has 8 heteroatoms. The second-order valence-electron chi connectivity index (χ2n) is 10.7. The molecule has 8 nitrogen and oxygen atoms in total. The molecule has 0 radical (unpaired) electrons. The molecule has 3 N–H and O–H groups in total. The molecule has 0 spiro atoms. The molecule has 0 unspecified atom stereocenters. The molecule has 0 saturated heterocycles. The lowest BCUT2D eigenvalue weighted by Gasteiger charge is -2.26. The first-order chi connectivity index (χ1) is 17.6. The maximum Gasteiger partial charge on any atom is 0.139 e. The summed E-state index contributed by atoms with van der Waals surface area (Å²) in [4.78, 5) is 25.0. The van der Waals surface area contributed by atoms with Crippen molar-refractivity contribution < 1.29 is 4.79 Å². The topological polar surface area (TPSA) is 134 Å². The number of imidazole rings is 1. The van der Waals surface area contributed by atoms with Crippen molar-refractivity contribution in [3.63, 3.8) is 0 Å². The number of carbonyl (C=O) groups excluding carboxylic acids is 1. The highest BCUT2D eigenvalue weighted by Crippen LogP contribution is 2.57. The molecule has 36 heavy (non-hydrogen) atoms. The molecule has 3 aliphatic carbocycles. The van der Waals surface area contributed by atoms with Crippen LogP contribution >= 0.6 is 0 Å². The summed E-state index contributed by atoms with van der Waals surface area (Å²) in [7, 11) is 2.06. The second kappa shape index (κ2) is 11.7. The summed E-state index contributed by atoms with van der Waals surface area (Å²) in [5, 5.41) is 21.5. The predicted molar refractivity (Wildman–Crippen MR) is 140 cm³/mol. The molecule has 2 bridgehead atoms. The number of hydrogen-bond acceptors (Lipinski definition) is 6. The Morgan fingerprint density at radius 2 is 1.94 bits per heavy atom. The third-order valence-electron chi connectivity index (χ3n) is 8.43. The summed E-state index contributed by atoms with van der Waals surface area (Å²) in [5.41, 5.74) is 3.35. The lowest BCUT2D eigenvalue weighted by Crippen LogP contribution is -2.37. The van der Waals surface area contributed by atoms with Gasteiger partial charge in [0.25, 0.3) is 0 Å². The average Bonchev–Trinajstić information content (AvgIpc) is 3.68. The van der Waals surface area contributed by atoms with Crippen molar-refractivity contribution in [2.24, 2.45) is 11.3 Å². The van der Waals surface area contributed by atoms with Crippen molar-refractivity contribution in [3.8, 4) is 12.1 Å². The summed E-state index contributed by atoms with van der Waals surface area (Å²) in [5.74, 6) is 1.42. The van der Waals surface area contributed by atoms with E-state index >= 15 is 0 Å². The minimum atomic E-state index is 0.306. The number of nitrogens with zero attached hydrogens (tertiary/aromatic N) is 4. The van der Waals surface area contributed by atoms with Crippen LogP contribution in [0.25, 0.3) is 22.1 Å². The van der Waals surface area contributed by atoms with E-state index in [1.54, 1.807) is 6.20 Å². The fraction of sp³-hybridized carbons (Fsp3) is 0.607. The minimum Gasteiger partial charge on any atom is -0.346 e. The number of pyridine rings is 1. The Morgan fingerprint density at radius 1 is 1.17 bits per heavy atom. The van der Waals surface area contributed by atoms with Gasteiger partial charge in [-0.25, -0.2) is 9.97 Å². The van der Waals surface area contributed by atoms with Gasteiger partial charge >= 0.3 is 0 Å². The van der Waals surface area contributed by atoms with Gasteiger partial charge in [0.15, 0.2) is 0 Å². The maximum atomic E-state index is 10.4. The largest absolute Gasteiger partial charge is 0.346 e. The highest BCUT2D eigenvalue weighted by Gasteiger charge is 2.53. The number of aldehydes is 1. The number of hydrogen-bond donors (Lipinski definition) is 3. The smallest absolute Gasteiger partial charge is 0.139 e. The lowest BCUT2D eigenvalue weighted by molar-refractivity contribution is -0.107. The van der Waals surface area contributed by atoms with E-state index in [4.69, 9.17) is 10.5 Å². The van der Waals surface area contributed by atoms with E-state index in [0.29, 0.717) is 23.2 Å². The van der Waals surface area contributed by atoms with Crippen LogP contribution < -0.4 is 5.32 Å². The molecule has 0 aromatic carbocycles. The summed E-state index contributed by atoms with van der Waals surface area (Å²) in [6.07, 6.45) is 19.3. The van der Waals surface area contributed by atoms with Gasteiger partial charge < -0.3 is 20.1 Å². The van der Waals surface area contributed by atoms with Gasteiger partial charge in [-0.1, -0.05) is 19.3 Å². The standard InChI is InChI=1S/C10H8N4O.C10H16N2.C8H13N/c15-4-2-8-13-7-5-12-10-6(1-3-11-10)9(7)14-8;1-12-10-4-2-9(8-10,3-5-10)6-7-11;9-7-6-8-4-2-1-3-5-8/h1,3-5H,2H2,(H,11,12)(H,13,14);12H,2-6,8H2,1H3;8H,1-6H2. The number of H-pyrrole nitrogens is 2. The van der Waals surface area contributed by atoms with Gasteiger partial charge in [0.2, 0.25) is 0 Å². The van der Waals surface area contributed by atoms with E-state index in [1.807, 2.05) is 12.3 Å². The van der Waals surface area contributed by atoms with Crippen LogP contribution in [0.3, 0.4) is 0 Å². The first-order valence-electron chi connectivity index (χ1n) is 13.2. The number of rotatable bonds is 5. The Hall–Kier alpha value is -3.23. The van der Waals surface area contributed by atoms with Gasteiger partial charge in [-0.15, -0.1) is 0 Å². The van der Waals surface area contributed by atoms with Crippen LogP contribution in [0.5, 0.6) is 0 Å². The number of nitrogens with one attached hydrogen (secondary N) is 3. The zero-order chi connectivity index (χ0) is 25.4. The van der Waals surface area contributed by atoms with Crippen LogP contribution in [0.15, 0.2) is 18.5 Å². The van der Waals surface area contributed by atoms with Crippen LogP contribution in [-0.2, 0) is 11.2 Å². The van der Waals surface area contributed by atoms with Gasteiger partial charge in [0.1, 0.15) is 23.3 Å². The molecule has 3 aliphatic rings. The highest BCUT2D eigenvalue weighted by molar-refractivity contribution is 6.00. The number of aromatic nitrogens is 4. The second-order valence-corrected chi connectivity index (χ2v) is 10.7. The summed E-state index contributed by atoms with van der Waals surface area (Å²) in [6.45, 7) is 0. The third kappa shape index (κ3) is 5.77. The monoisotopic (exact) mass is 487 g/mol. The Labute approximate surface area is 212 Å². The quantitative estimate of drug-likeness (QED) is 0.408. The maximum absolute atomic E-state index is 10.4. The Morgan fingerprint density at radius 3 is 2.58 bits per heavy atom. The zero-order valence-corrected chi connectivity index (χ0v) is 21.3. The summed E-state index contributed by atoms with van der Waals surface area (Å²) < 4.78 is 0. The molecule has 0 aliphatic heterocycles. The highest BCUT2D eigenvalue weighted by atomic mass is 16.1. The van der Waals surface area contributed by atoms with E-state index in [0.717, 1.165) is 47.1 Å². The Kier molecular flexibility index (Phi) is 8.38. The molecule has 3 aromatic rings. The number of nitriles is 2. The van der Waals surface area contributed by atoms with Crippen LogP contribution in [0, 0.1) is 34.0 Å². The summed E-state index contributed by atoms with van der Waals surface area (Å²) >= 11 is 0. The molecule has 3 aromatic heterocycles. The molecule has 0 atom stereocenters. The van der Waals surface area contributed by atoms with Crippen molar-refractivity contribution in [2.75, 3.05) is 7.05 Å². The molecular weight excluding hydrogens is 450 g/mol. The normalized spacial score (nSPS) is 24.9. The number of aromatic amines is 2. The van der Waals surface area contributed by atoms with Crippen molar-refractivity contribution in [1.29, 1.82) is 10.5 Å². The number of carbonyl (C=O) groups is 1. The SMILES string of the molecule is CNC12CCC(CC#N)(CC1)C2.N#CCC1CCCCC1.O=CCc1nc2c(cnc3[nH]ccc32)[nH]1. The molecule has 0 amide bonds. The molecule has 3 heterocycles. The van der Waals surface area contributed by atoms with Crippen molar-refractivity contribution in [3.05, 3.63) is 24.3 Å². The molecule has 6 rings (SSSR count). The first-order valence-corrected chi connectivity index (χ1v) is 13.2. The van der Waals surface area contributed by atoms with E-state index in [1.165, 1.54) is 64.2 Å². The van der Waals surface area contributed by atoms with E-state index in [9.17, 15) is 4.79 Å². The Bertz CT molecular complexity index is 1230. The van der Waals surface area contributed by atoms with Gasteiger partial charge in [0.05, 0.1) is 30.3 Å². The van der Waals surface area contributed by atoms with Gasteiger partial charge in [0, 0.05) is 30.0 Å². The van der Waals surface area contributed by atoms with Crippen LogP contribution in [0.4, 0.5) is 0 Å². The van der Waals surface area contributed by atoms with Crippen LogP contribution in [-0.4, -0.2) is 38.8 Å². The average molecular weight is 488 g/mol. The van der Waals surface area contributed by atoms with Gasteiger partial charge in [-0.2, -0.15) is 10.5 Å². The van der Waals surface area contributed by atoms with E-state index in [-0.39, 0.29) is 0 Å². The third-order valence-corrected chi connectivity index (χ3v) is 8.43. The molecule has 3 fully saturated rings. The molecular formula is C28H37N7O. The first kappa shape index (κ1) is 25.9. The molecule has 190 valence electrons. The van der Waals surface area contributed by atoms with Crippen LogP contribution in [0.2, 0.25) is 0 Å². The number of fused-ring (bicyclic) bond motifs is 5. The molecule has 3 saturated carbocycles. The lowest BCUT2D eigenvalue weighted by atomic mass is 9.82. The van der Waals surface area contributed by atoms with Gasteiger partial charge in [-0.05, 0) is 69.4 Å². The fourth-order valence-electron chi connectivity index (χ4n) is 6.30. The minimum absolute atomic E-state index is 0.306. The zero-order valence-electron chi connectivity index (χ0n) is 21.3. The fourth-order valence-corrected chi connectivity index (χ4v) is 6.30. The summed E-state index contributed by atoms with van der Waals surface area (Å²) in [6, 6.07) is 6.51. The predicted octanol–water partition coefficient (Wildman–Crippen LogP) is 5.48. The van der Waals surface area contributed by atoms with E-state index in [2.05, 4.69) is 44.4 Å². The van der Waals surface area contributed by atoms with Crippen LogP contribution in [0.1, 0.15) is 82.9 Å².